The highest BCUT2D eigenvalue weighted by molar-refractivity contribution is 7.92. The van der Waals surface area contributed by atoms with Crippen LogP contribution in [0.4, 0.5) is 4.39 Å². The smallest absolute Gasteiger partial charge is 0.182 e. The van der Waals surface area contributed by atoms with Gasteiger partial charge in [0.2, 0.25) is 0 Å². The molecule has 2 aliphatic rings. The van der Waals surface area contributed by atoms with Crippen molar-refractivity contribution in [2.24, 2.45) is 11.8 Å². The number of hydrogen-bond acceptors (Lipinski definition) is 5. The topological polar surface area (TPSA) is 85.3 Å². The van der Waals surface area contributed by atoms with Gasteiger partial charge in [-0.05, 0) is 81.0 Å². The fraction of sp³-hybridized carbons (Fsp3) is 0.324. The third-order valence-corrected chi connectivity index (χ3v) is 14.5. The maximum absolute atomic E-state index is 15.4. The Morgan fingerprint density at radius 3 is 1.67 bits per heavy atom. The van der Waals surface area contributed by atoms with Gasteiger partial charge in [-0.1, -0.05) is 83.4 Å². The number of carbonyl (C=O) groups is 1. The fourth-order valence-corrected chi connectivity index (χ4v) is 11.8. The number of Topliss-reactive ketones (excluding diaryl/α,β-unsaturated/α-hetero) is 1. The molecule has 6 atom stereocenters. The molecular formula is C37H37FO5S2. The van der Waals surface area contributed by atoms with Crippen LogP contribution in [-0.4, -0.2) is 33.1 Å². The summed E-state index contributed by atoms with van der Waals surface area (Å²) in [5.41, 5.74) is 3.83. The van der Waals surface area contributed by atoms with E-state index in [1.807, 2.05) is 45.0 Å². The molecular weight excluding hydrogens is 608 g/mol. The lowest BCUT2D eigenvalue weighted by molar-refractivity contribution is -0.128. The molecule has 4 aromatic rings. The van der Waals surface area contributed by atoms with E-state index in [1.165, 1.54) is 6.07 Å². The zero-order valence-corrected chi connectivity index (χ0v) is 27.2. The molecule has 234 valence electrons. The van der Waals surface area contributed by atoms with Crippen molar-refractivity contribution in [3.05, 3.63) is 131 Å². The number of fused-ring (bicyclic) bond motifs is 1. The molecule has 0 spiro atoms. The zero-order valence-electron chi connectivity index (χ0n) is 25.6. The Labute approximate surface area is 265 Å². The lowest BCUT2D eigenvalue weighted by Crippen LogP contribution is -2.53. The zero-order chi connectivity index (χ0) is 32.1. The van der Waals surface area contributed by atoms with Crippen molar-refractivity contribution in [3.8, 4) is 0 Å². The van der Waals surface area contributed by atoms with Crippen molar-refractivity contribution in [3.63, 3.8) is 0 Å². The SMILES string of the molecule is Cc1ccc(C2CC3C(CC2S(=O)(=O)c2ccc(C)cc2)C(=O)CC(c2ccccc2F)C3S(=O)(=O)c2ccc(C)cc2)cc1. The van der Waals surface area contributed by atoms with E-state index in [1.54, 1.807) is 66.7 Å². The van der Waals surface area contributed by atoms with Gasteiger partial charge in [-0.25, -0.2) is 21.2 Å². The molecule has 8 heteroatoms. The molecule has 2 fully saturated rings. The first kappa shape index (κ1) is 31.4. The van der Waals surface area contributed by atoms with Gasteiger partial charge in [0.05, 0.1) is 20.3 Å². The average molecular weight is 645 g/mol. The first-order valence-corrected chi connectivity index (χ1v) is 18.4. The first-order valence-electron chi connectivity index (χ1n) is 15.3. The Morgan fingerprint density at radius 1 is 0.600 bits per heavy atom. The van der Waals surface area contributed by atoms with E-state index < -0.39 is 59.7 Å². The predicted molar refractivity (Wildman–Crippen MR) is 173 cm³/mol. The Balaban J connectivity index is 1.52. The lowest BCUT2D eigenvalue weighted by atomic mass is 9.61. The van der Waals surface area contributed by atoms with Crippen LogP contribution >= 0.6 is 0 Å². The van der Waals surface area contributed by atoms with Crippen LogP contribution < -0.4 is 0 Å². The number of aryl methyl sites for hydroxylation is 3. The number of halogens is 1. The minimum atomic E-state index is -4.08. The van der Waals surface area contributed by atoms with Crippen LogP contribution in [-0.2, 0) is 24.5 Å². The molecule has 0 aliphatic heterocycles. The quantitative estimate of drug-likeness (QED) is 0.220. The molecule has 2 aliphatic carbocycles. The Hall–Kier alpha value is -3.62. The summed E-state index contributed by atoms with van der Waals surface area (Å²) in [4.78, 5) is 14.3. The van der Waals surface area contributed by atoms with Crippen molar-refractivity contribution in [2.45, 2.75) is 72.2 Å². The number of hydrogen-bond donors (Lipinski definition) is 0. The van der Waals surface area contributed by atoms with Crippen LogP contribution in [0.5, 0.6) is 0 Å². The minimum absolute atomic E-state index is 0.00215. The number of carbonyl (C=O) groups excluding carboxylic acids is 1. The van der Waals surface area contributed by atoms with E-state index in [0.29, 0.717) is 0 Å². The molecule has 2 saturated carbocycles. The maximum atomic E-state index is 15.4. The highest BCUT2D eigenvalue weighted by atomic mass is 32.2. The van der Waals surface area contributed by atoms with Gasteiger partial charge in [0.25, 0.3) is 0 Å². The Kier molecular flexibility index (Phi) is 8.33. The van der Waals surface area contributed by atoms with E-state index in [0.717, 1.165) is 22.3 Å². The van der Waals surface area contributed by atoms with Gasteiger partial charge < -0.3 is 0 Å². The summed E-state index contributed by atoms with van der Waals surface area (Å²) in [6.07, 6.45) is -0.0115. The summed E-state index contributed by atoms with van der Waals surface area (Å²) in [5, 5.41) is -2.04. The fourth-order valence-electron chi connectivity index (χ4n) is 7.52. The van der Waals surface area contributed by atoms with Gasteiger partial charge in [0.15, 0.2) is 19.7 Å². The Bertz CT molecular complexity index is 1930. The molecule has 4 aromatic carbocycles. The summed E-state index contributed by atoms with van der Waals surface area (Å²) in [7, 11) is -7.98. The monoisotopic (exact) mass is 644 g/mol. The van der Waals surface area contributed by atoms with Crippen LogP contribution in [0.1, 0.15) is 58.9 Å². The molecule has 0 aromatic heterocycles. The molecule has 0 radical (unpaired) electrons. The van der Waals surface area contributed by atoms with Gasteiger partial charge in [-0.15, -0.1) is 0 Å². The second-order valence-electron chi connectivity index (χ2n) is 12.8. The van der Waals surface area contributed by atoms with E-state index >= 15 is 4.39 Å². The second-order valence-corrected chi connectivity index (χ2v) is 17.0. The van der Waals surface area contributed by atoms with Crippen molar-refractivity contribution in [1.82, 2.24) is 0 Å². The normalized spacial score (nSPS) is 25.5. The van der Waals surface area contributed by atoms with E-state index in [2.05, 4.69) is 0 Å². The van der Waals surface area contributed by atoms with Crippen LogP contribution in [0, 0.1) is 38.4 Å². The van der Waals surface area contributed by atoms with Gasteiger partial charge in [-0.3, -0.25) is 4.79 Å². The standard InChI is InChI=1S/C37H37FO5S2/c1-23-8-14-26(15-9-23)30-20-32-31(22-36(30)44(40,41)27-16-10-24(2)11-17-27)35(39)21-33(29-6-4-5-7-34(29)38)37(32)45(42,43)28-18-12-25(3)13-19-28/h4-19,30-33,36-37H,20-22H2,1-3H3. The van der Waals surface area contributed by atoms with Gasteiger partial charge >= 0.3 is 0 Å². The van der Waals surface area contributed by atoms with Crippen LogP contribution in [0.25, 0.3) is 0 Å². The van der Waals surface area contributed by atoms with Crippen molar-refractivity contribution >= 4 is 25.5 Å². The maximum Gasteiger partial charge on any atom is 0.182 e. The van der Waals surface area contributed by atoms with Gasteiger partial charge in [-0.2, -0.15) is 0 Å². The highest BCUT2D eigenvalue weighted by Gasteiger charge is 2.56. The second kappa shape index (κ2) is 12.0. The van der Waals surface area contributed by atoms with Crippen LogP contribution in [0.2, 0.25) is 0 Å². The Morgan fingerprint density at radius 2 is 1.11 bits per heavy atom. The number of benzene rings is 4. The molecule has 0 amide bonds. The molecule has 6 unspecified atom stereocenters. The number of ketones is 1. The summed E-state index contributed by atoms with van der Waals surface area (Å²) in [6, 6.07) is 27.0. The average Bonchev–Trinajstić information content (AvgIpc) is 3.01. The first-order chi connectivity index (χ1) is 21.4. The summed E-state index contributed by atoms with van der Waals surface area (Å²) >= 11 is 0. The molecule has 0 bridgehead atoms. The summed E-state index contributed by atoms with van der Waals surface area (Å²) < 4.78 is 73.2. The van der Waals surface area contributed by atoms with Crippen molar-refractivity contribution in [1.29, 1.82) is 0 Å². The molecule has 5 nitrogen and oxygen atoms in total. The summed E-state index contributed by atoms with van der Waals surface area (Å²) in [5.74, 6) is -3.75. The highest BCUT2D eigenvalue weighted by Crippen LogP contribution is 2.54. The minimum Gasteiger partial charge on any atom is -0.299 e. The lowest BCUT2D eigenvalue weighted by Gasteiger charge is -2.48. The molecule has 0 saturated heterocycles. The molecule has 0 N–H and O–H groups in total. The van der Waals surface area contributed by atoms with Gasteiger partial charge in [0, 0.05) is 24.2 Å². The molecule has 45 heavy (non-hydrogen) atoms. The van der Waals surface area contributed by atoms with Crippen molar-refractivity contribution < 1.29 is 26.0 Å². The molecule has 0 heterocycles. The third-order valence-electron chi connectivity index (χ3n) is 9.90. The van der Waals surface area contributed by atoms with E-state index in [9.17, 15) is 21.6 Å². The predicted octanol–water partition coefficient (Wildman–Crippen LogP) is 7.30. The largest absolute Gasteiger partial charge is 0.299 e. The van der Waals surface area contributed by atoms with Gasteiger partial charge in [0.1, 0.15) is 11.6 Å². The number of rotatable bonds is 6. The summed E-state index contributed by atoms with van der Waals surface area (Å²) in [6.45, 7) is 5.71. The number of sulfone groups is 2. The van der Waals surface area contributed by atoms with E-state index in [4.69, 9.17) is 0 Å². The van der Waals surface area contributed by atoms with Crippen LogP contribution in [0.15, 0.2) is 107 Å². The third kappa shape index (κ3) is 5.79. The van der Waals surface area contributed by atoms with E-state index in [-0.39, 0.29) is 40.4 Å². The van der Waals surface area contributed by atoms with Crippen LogP contribution in [0.3, 0.4) is 0 Å². The van der Waals surface area contributed by atoms with Crippen molar-refractivity contribution in [2.75, 3.05) is 0 Å². The molecule has 6 rings (SSSR count).